The fraction of sp³-hybridized carbons (Fsp3) is 0.111. The number of benzene rings is 3. The van der Waals surface area contributed by atoms with Crippen LogP contribution in [-0.4, -0.2) is 23.3 Å². The van der Waals surface area contributed by atoms with Gasteiger partial charge in [-0.05, 0) is 85.6 Å². The van der Waals surface area contributed by atoms with E-state index in [0.29, 0.717) is 12.2 Å². The number of carbonyl (C=O) groups is 1. The summed E-state index contributed by atoms with van der Waals surface area (Å²) in [7, 11) is 0. The summed E-state index contributed by atoms with van der Waals surface area (Å²) in [4.78, 5) is 12.5. The number of aromatic nitrogens is 1. The molecule has 5 nitrogen and oxygen atoms in total. The maximum absolute atomic E-state index is 12.5. The zero-order valence-corrected chi connectivity index (χ0v) is 18.2. The number of ether oxygens (including phenoxy) is 1. The number of nitrogens with zero attached hydrogens (tertiary/aromatic N) is 2. The summed E-state index contributed by atoms with van der Waals surface area (Å²) >= 11 is 0. The molecule has 0 aliphatic rings. The SMILES string of the molecule is CCOc1ccc(/C=N/NC(=O)c2ccc(-n3c(C)ccc3-c3ccccc3)cc2)cc1. The van der Waals surface area contributed by atoms with Crippen molar-refractivity contribution in [2.75, 3.05) is 6.61 Å². The lowest BCUT2D eigenvalue weighted by Crippen LogP contribution is -2.17. The second kappa shape index (κ2) is 9.79. The fourth-order valence-corrected chi connectivity index (χ4v) is 3.52. The maximum atomic E-state index is 12.5. The molecular weight excluding hydrogens is 398 g/mol. The van der Waals surface area contributed by atoms with Crippen LogP contribution in [0.25, 0.3) is 16.9 Å². The minimum Gasteiger partial charge on any atom is -0.494 e. The molecule has 0 spiro atoms. The molecule has 0 bridgehead atoms. The van der Waals surface area contributed by atoms with E-state index in [4.69, 9.17) is 4.74 Å². The van der Waals surface area contributed by atoms with E-state index in [0.717, 1.165) is 34.0 Å². The molecule has 0 unspecified atom stereocenters. The number of nitrogens with one attached hydrogen (secondary N) is 1. The third-order valence-corrected chi connectivity index (χ3v) is 5.10. The summed E-state index contributed by atoms with van der Waals surface area (Å²) < 4.78 is 7.60. The molecule has 32 heavy (non-hydrogen) atoms. The minimum atomic E-state index is -0.258. The molecule has 0 fully saturated rings. The van der Waals surface area contributed by atoms with Crippen LogP contribution in [0.5, 0.6) is 5.75 Å². The van der Waals surface area contributed by atoms with Crippen molar-refractivity contribution < 1.29 is 9.53 Å². The van der Waals surface area contributed by atoms with Crippen LogP contribution in [0.3, 0.4) is 0 Å². The predicted molar refractivity (Wildman–Crippen MR) is 129 cm³/mol. The Hall–Kier alpha value is -4.12. The van der Waals surface area contributed by atoms with Crippen LogP contribution in [0.15, 0.2) is 96.1 Å². The summed E-state index contributed by atoms with van der Waals surface area (Å²) in [6, 6.07) is 29.5. The molecule has 160 valence electrons. The second-order valence-corrected chi connectivity index (χ2v) is 7.31. The molecule has 4 aromatic rings. The van der Waals surface area contributed by atoms with Crippen LogP contribution in [0.4, 0.5) is 0 Å². The third kappa shape index (κ3) is 4.78. The van der Waals surface area contributed by atoms with Gasteiger partial charge in [0.25, 0.3) is 5.91 Å². The third-order valence-electron chi connectivity index (χ3n) is 5.10. The number of hydrogen-bond acceptors (Lipinski definition) is 3. The zero-order valence-electron chi connectivity index (χ0n) is 18.2. The van der Waals surface area contributed by atoms with Crippen LogP contribution in [0, 0.1) is 6.92 Å². The fourth-order valence-electron chi connectivity index (χ4n) is 3.52. The highest BCUT2D eigenvalue weighted by Crippen LogP contribution is 2.26. The summed E-state index contributed by atoms with van der Waals surface area (Å²) in [5.74, 6) is 0.549. The van der Waals surface area contributed by atoms with E-state index in [1.165, 1.54) is 0 Å². The van der Waals surface area contributed by atoms with Gasteiger partial charge in [0.05, 0.1) is 18.5 Å². The Bertz CT molecular complexity index is 1210. The van der Waals surface area contributed by atoms with E-state index in [9.17, 15) is 4.79 Å². The molecule has 0 atom stereocenters. The van der Waals surface area contributed by atoms with Gasteiger partial charge in [-0.2, -0.15) is 5.10 Å². The molecule has 0 saturated heterocycles. The number of rotatable bonds is 7. The molecule has 4 rings (SSSR count). The number of hydrogen-bond donors (Lipinski definition) is 1. The topological polar surface area (TPSA) is 55.6 Å². The van der Waals surface area contributed by atoms with E-state index >= 15 is 0 Å². The van der Waals surface area contributed by atoms with Crippen LogP contribution in [0.2, 0.25) is 0 Å². The zero-order chi connectivity index (χ0) is 22.3. The van der Waals surface area contributed by atoms with Gasteiger partial charge in [0.2, 0.25) is 0 Å². The van der Waals surface area contributed by atoms with E-state index < -0.39 is 0 Å². The lowest BCUT2D eigenvalue weighted by molar-refractivity contribution is 0.0955. The quantitative estimate of drug-likeness (QED) is 0.310. The van der Waals surface area contributed by atoms with Crippen molar-refractivity contribution in [2.24, 2.45) is 5.10 Å². The van der Waals surface area contributed by atoms with Gasteiger partial charge in [-0.25, -0.2) is 5.43 Å². The first-order chi connectivity index (χ1) is 15.7. The van der Waals surface area contributed by atoms with E-state index in [2.05, 4.69) is 46.3 Å². The Kier molecular flexibility index (Phi) is 6.46. The average molecular weight is 424 g/mol. The molecule has 3 aromatic carbocycles. The van der Waals surface area contributed by atoms with Crippen molar-refractivity contribution in [2.45, 2.75) is 13.8 Å². The van der Waals surface area contributed by atoms with E-state index in [-0.39, 0.29) is 5.91 Å². The van der Waals surface area contributed by atoms with E-state index in [1.54, 1.807) is 6.21 Å². The van der Waals surface area contributed by atoms with Crippen LogP contribution in [0.1, 0.15) is 28.5 Å². The highest BCUT2D eigenvalue weighted by atomic mass is 16.5. The largest absolute Gasteiger partial charge is 0.494 e. The highest BCUT2D eigenvalue weighted by Gasteiger charge is 2.10. The number of aryl methyl sites for hydroxylation is 1. The average Bonchev–Trinajstić information content (AvgIpc) is 3.22. The lowest BCUT2D eigenvalue weighted by Gasteiger charge is -2.12. The summed E-state index contributed by atoms with van der Waals surface area (Å²) in [6.45, 7) is 4.64. The molecular formula is C27H25N3O2. The molecule has 0 aliphatic heterocycles. The van der Waals surface area contributed by atoms with Gasteiger partial charge >= 0.3 is 0 Å². The Labute approximate surface area is 188 Å². The van der Waals surface area contributed by atoms with Crippen molar-refractivity contribution in [1.29, 1.82) is 0 Å². The Morgan fingerprint density at radius 3 is 2.34 bits per heavy atom. The predicted octanol–water partition coefficient (Wildman–Crippen LogP) is 5.62. The number of carbonyl (C=O) groups excluding carboxylic acids is 1. The summed E-state index contributed by atoms with van der Waals surface area (Å²) in [5, 5.41) is 4.06. The van der Waals surface area contributed by atoms with Crippen molar-refractivity contribution in [1.82, 2.24) is 9.99 Å². The smallest absolute Gasteiger partial charge is 0.271 e. The molecule has 1 N–H and O–H groups in total. The second-order valence-electron chi connectivity index (χ2n) is 7.31. The van der Waals surface area contributed by atoms with Gasteiger partial charge in [0.15, 0.2) is 0 Å². The monoisotopic (exact) mass is 423 g/mol. The summed E-state index contributed by atoms with van der Waals surface area (Å²) in [6.07, 6.45) is 1.61. The highest BCUT2D eigenvalue weighted by molar-refractivity contribution is 5.95. The van der Waals surface area contributed by atoms with Gasteiger partial charge in [-0.1, -0.05) is 30.3 Å². The number of amides is 1. The Balaban J connectivity index is 1.45. The van der Waals surface area contributed by atoms with Crippen molar-refractivity contribution in [3.63, 3.8) is 0 Å². The molecule has 0 saturated carbocycles. The first-order valence-electron chi connectivity index (χ1n) is 10.6. The van der Waals surface area contributed by atoms with Crippen molar-refractivity contribution in [3.05, 3.63) is 108 Å². The van der Waals surface area contributed by atoms with Gasteiger partial charge in [0, 0.05) is 16.9 Å². The first kappa shape index (κ1) is 21.1. The van der Waals surface area contributed by atoms with Crippen LogP contribution >= 0.6 is 0 Å². The van der Waals surface area contributed by atoms with Crippen LogP contribution < -0.4 is 10.2 Å². The van der Waals surface area contributed by atoms with Crippen molar-refractivity contribution in [3.8, 4) is 22.7 Å². The van der Waals surface area contributed by atoms with Gasteiger partial charge in [0.1, 0.15) is 5.75 Å². The molecule has 1 amide bonds. The molecule has 0 aliphatic carbocycles. The van der Waals surface area contributed by atoms with Crippen molar-refractivity contribution >= 4 is 12.1 Å². The molecule has 1 aromatic heterocycles. The Morgan fingerprint density at radius 1 is 0.938 bits per heavy atom. The first-order valence-corrected chi connectivity index (χ1v) is 10.6. The molecule has 0 radical (unpaired) electrons. The Morgan fingerprint density at radius 2 is 1.66 bits per heavy atom. The normalized spacial score (nSPS) is 10.9. The van der Waals surface area contributed by atoms with E-state index in [1.807, 2.05) is 73.7 Å². The molecule has 5 heteroatoms. The van der Waals surface area contributed by atoms with Crippen LogP contribution in [-0.2, 0) is 0 Å². The molecule has 1 heterocycles. The minimum absolute atomic E-state index is 0.258. The van der Waals surface area contributed by atoms with Gasteiger partial charge < -0.3 is 9.30 Å². The number of hydrazone groups is 1. The summed E-state index contributed by atoms with van der Waals surface area (Å²) in [5.41, 5.74) is 8.39. The van der Waals surface area contributed by atoms with Gasteiger partial charge in [-0.3, -0.25) is 4.79 Å². The maximum Gasteiger partial charge on any atom is 0.271 e. The van der Waals surface area contributed by atoms with Gasteiger partial charge in [-0.15, -0.1) is 0 Å². The standard InChI is InChI=1S/C27H25N3O2/c1-3-32-25-16-10-21(11-17-25)19-28-29-27(31)23-12-14-24(15-13-23)30-20(2)9-18-26(30)22-7-5-4-6-8-22/h4-19H,3H2,1-2H3,(H,29,31)/b28-19+. The lowest BCUT2D eigenvalue weighted by atomic mass is 10.1.